The van der Waals surface area contributed by atoms with E-state index in [1.165, 1.54) is 12.8 Å². The van der Waals surface area contributed by atoms with Crippen molar-refractivity contribution in [3.8, 4) is 12.3 Å². The largest absolute Gasteiger partial charge is 0.326 e. The van der Waals surface area contributed by atoms with Crippen LogP contribution in [0.25, 0.3) is 0 Å². The molecule has 0 bridgehead atoms. The maximum absolute atomic E-state index is 6.02. The number of terminal acetylenes is 1. The van der Waals surface area contributed by atoms with Crippen molar-refractivity contribution in [1.82, 2.24) is 0 Å². The van der Waals surface area contributed by atoms with E-state index in [1.54, 1.807) is 0 Å². The fourth-order valence-corrected chi connectivity index (χ4v) is 2.03. The van der Waals surface area contributed by atoms with Crippen LogP contribution in [0.2, 0.25) is 0 Å². The minimum Gasteiger partial charge on any atom is -0.326 e. The molecule has 1 aliphatic rings. The lowest BCUT2D eigenvalue weighted by Crippen LogP contribution is -2.38. The van der Waals surface area contributed by atoms with E-state index in [0.717, 1.165) is 19.3 Å². The third-order valence-electron chi connectivity index (χ3n) is 2.91. The fourth-order valence-electron chi connectivity index (χ4n) is 2.03. The zero-order valence-electron chi connectivity index (χ0n) is 7.55. The van der Waals surface area contributed by atoms with Crippen LogP contribution in [0.5, 0.6) is 0 Å². The molecule has 1 nitrogen and oxygen atoms in total. The van der Waals surface area contributed by atoms with E-state index in [4.69, 9.17) is 12.2 Å². The van der Waals surface area contributed by atoms with Crippen molar-refractivity contribution in [3.05, 3.63) is 12.7 Å². The van der Waals surface area contributed by atoms with E-state index in [2.05, 4.69) is 12.5 Å². The first-order valence-electron chi connectivity index (χ1n) is 4.59. The predicted molar refractivity (Wildman–Crippen MR) is 52.5 cm³/mol. The smallest absolute Gasteiger partial charge is 0.0465 e. The van der Waals surface area contributed by atoms with Crippen LogP contribution < -0.4 is 5.73 Å². The number of nitrogens with two attached hydrogens (primary N) is 1. The van der Waals surface area contributed by atoms with Crippen LogP contribution in [-0.4, -0.2) is 6.04 Å². The molecule has 0 heterocycles. The molecule has 2 N–H and O–H groups in total. The quantitative estimate of drug-likeness (QED) is 0.500. The van der Waals surface area contributed by atoms with Crippen molar-refractivity contribution in [2.24, 2.45) is 11.1 Å². The molecule has 0 aromatic carbocycles. The molecule has 1 unspecified atom stereocenters. The highest BCUT2D eigenvalue weighted by Crippen LogP contribution is 2.40. The Bertz CT molecular complexity index is 194. The van der Waals surface area contributed by atoms with Gasteiger partial charge in [-0.05, 0) is 19.3 Å². The summed E-state index contributed by atoms with van der Waals surface area (Å²) in [6.07, 6.45) is 12.9. The van der Waals surface area contributed by atoms with Crippen LogP contribution in [0.4, 0.5) is 0 Å². The lowest BCUT2D eigenvalue weighted by molar-refractivity contribution is 0.328. The molecule has 0 aromatic heterocycles. The Kier molecular flexibility index (Phi) is 2.94. The van der Waals surface area contributed by atoms with E-state index in [9.17, 15) is 0 Å². The van der Waals surface area contributed by atoms with Gasteiger partial charge in [-0.2, -0.15) is 0 Å². The Balaban J connectivity index is 2.66. The van der Waals surface area contributed by atoms with Gasteiger partial charge in [0, 0.05) is 11.5 Å². The van der Waals surface area contributed by atoms with Gasteiger partial charge < -0.3 is 5.73 Å². The van der Waals surface area contributed by atoms with Crippen LogP contribution in [0.1, 0.15) is 32.1 Å². The summed E-state index contributed by atoms with van der Waals surface area (Å²) in [4.78, 5) is 0. The lowest BCUT2D eigenvalue weighted by Gasteiger charge is -2.29. The molecule has 0 spiro atoms. The number of hydrogen-bond acceptors (Lipinski definition) is 1. The first-order valence-corrected chi connectivity index (χ1v) is 4.59. The Hall–Kier alpha value is -0.740. The molecule has 0 aliphatic heterocycles. The summed E-state index contributed by atoms with van der Waals surface area (Å²) >= 11 is 0. The monoisotopic (exact) mass is 163 g/mol. The Morgan fingerprint density at radius 3 is 2.58 bits per heavy atom. The van der Waals surface area contributed by atoms with Crippen molar-refractivity contribution < 1.29 is 0 Å². The summed E-state index contributed by atoms with van der Waals surface area (Å²) in [5.74, 6) is 2.89. The summed E-state index contributed by atoms with van der Waals surface area (Å²) < 4.78 is 0. The van der Waals surface area contributed by atoms with Crippen LogP contribution in [0, 0.1) is 17.8 Å². The molecule has 0 radical (unpaired) electrons. The second-order valence-electron chi connectivity index (χ2n) is 3.64. The average molecular weight is 163 g/mol. The second-order valence-corrected chi connectivity index (χ2v) is 3.64. The summed E-state index contributed by atoms with van der Waals surface area (Å²) in [5.41, 5.74) is 6.00. The highest BCUT2D eigenvalue weighted by molar-refractivity contribution is 5.13. The van der Waals surface area contributed by atoms with E-state index >= 15 is 0 Å². The van der Waals surface area contributed by atoms with Gasteiger partial charge in [-0.15, -0.1) is 13.0 Å². The summed E-state index contributed by atoms with van der Waals surface area (Å²) in [6.45, 7) is 3.69. The van der Waals surface area contributed by atoms with Gasteiger partial charge >= 0.3 is 0 Å². The minimum absolute atomic E-state index is 0.0197. The first-order chi connectivity index (χ1) is 5.75. The zero-order chi connectivity index (χ0) is 9.03. The fraction of sp³-hybridized carbons (Fsp3) is 0.636. The van der Waals surface area contributed by atoms with Gasteiger partial charge in [0.2, 0.25) is 0 Å². The van der Waals surface area contributed by atoms with Crippen molar-refractivity contribution in [1.29, 1.82) is 0 Å². The molecule has 66 valence electrons. The van der Waals surface area contributed by atoms with Crippen LogP contribution >= 0.6 is 0 Å². The second kappa shape index (κ2) is 3.78. The van der Waals surface area contributed by atoms with Gasteiger partial charge in [0.1, 0.15) is 0 Å². The summed E-state index contributed by atoms with van der Waals surface area (Å²) in [6, 6.07) is 0.113. The van der Waals surface area contributed by atoms with Crippen molar-refractivity contribution in [3.63, 3.8) is 0 Å². The Morgan fingerprint density at radius 1 is 1.58 bits per heavy atom. The molecule has 12 heavy (non-hydrogen) atoms. The topological polar surface area (TPSA) is 26.0 Å². The summed E-state index contributed by atoms with van der Waals surface area (Å²) in [5, 5.41) is 0. The maximum Gasteiger partial charge on any atom is 0.0465 e. The SMILES string of the molecule is C#CC1(C(N)CC=C)CCCC1. The zero-order valence-corrected chi connectivity index (χ0v) is 7.55. The molecule has 0 saturated heterocycles. The van der Waals surface area contributed by atoms with Gasteiger partial charge in [0.05, 0.1) is 0 Å². The van der Waals surface area contributed by atoms with Crippen molar-refractivity contribution in [2.45, 2.75) is 38.1 Å². The third-order valence-corrected chi connectivity index (χ3v) is 2.91. The molecule has 1 rings (SSSR count). The number of rotatable bonds is 3. The lowest BCUT2D eigenvalue weighted by atomic mass is 9.78. The highest BCUT2D eigenvalue weighted by atomic mass is 14.7. The van der Waals surface area contributed by atoms with Crippen LogP contribution in [-0.2, 0) is 0 Å². The predicted octanol–water partition coefficient (Wildman–Crippen LogP) is 2.08. The minimum atomic E-state index is -0.0197. The molecule has 1 heteroatoms. The van der Waals surface area contributed by atoms with Gasteiger partial charge in [-0.25, -0.2) is 0 Å². The molecule has 1 fully saturated rings. The molecule has 0 aromatic rings. The standard InChI is InChI=1S/C11H17N/c1-3-7-10(12)11(4-2)8-5-6-9-11/h2-3,10H,1,5-9,12H2. The normalized spacial score (nSPS) is 23.0. The molecule has 1 saturated carbocycles. The van der Waals surface area contributed by atoms with E-state index in [1.807, 2.05) is 6.08 Å². The molecular weight excluding hydrogens is 146 g/mol. The van der Waals surface area contributed by atoms with E-state index < -0.39 is 0 Å². The Morgan fingerprint density at radius 2 is 2.17 bits per heavy atom. The first kappa shape index (κ1) is 9.35. The molecule has 1 aliphatic carbocycles. The Labute approximate surface area is 75.0 Å². The summed E-state index contributed by atoms with van der Waals surface area (Å²) in [7, 11) is 0. The van der Waals surface area contributed by atoms with Crippen molar-refractivity contribution in [2.75, 3.05) is 0 Å². The van der Waals surface area contributed by atoms with Gasteiger partial charge in [-0.3, -0.25) is 0 Å². The van der Waals surface area contributed by atoms with Gasteiger partial charge in [-0.1, -0.05) is 24.8 Å². The molecular formula is C11H17N. The molecule has 1 atom stereocenters. The van der Waals surface area contributed by atoms with E-state index in [-0.39, 0.29) is 11.5 Å². The van der Waals surface area contributed by atoms with Gasteiger partial charge in [0.25, 0.3) is 0 Å². The maximum atomic E-state index is 6.02. The van der Waals surface area contributed by atoms with Crippen LogP contribution in [0.15, 0.2) is 12.7 Å². The highest BCUT2D eigenvalue weighted by Gasteiger charge is 2.36. The third kappa shape index (κ3) is 1.54. The average Bonchev–Trinajstić information content (AvgIpc) is 2.54. The van der Waals surface area contributed by atoms with Crippen LogP contribution in [0.3, 0.4) is 0 Å². The van der Waals surface area contributed by atoms with Gasteiger partial charge in [0.15, 0.2) is 0 Å². The number of hydrogen-bond donors (Lipinski definition) is 1. The van der Waals surface area contributed by atoms with Crippen molar-refractivity contribution >= 4 is 0 Å². The molecule has 0 amide bonds. The van der Waals surface area contributed by atoms with E-state index in [0.29, 0.717) is 0 Å².